The standard InChI is InChI=1S/C33H48O6/c1-9-13-36-23-17-21-22(18-24(23)37-14-10-2)33(19-31(21,5)6)20-32(7,8)25-26(33)28(35)30(39-16-12-4)29(27(25)34)38-15-11-3/h17-18,34-35H,9-16,19-20H2,1-8H3. The Morgan fingerprint density at radius 2 is 1.00 bits per heavy atom. The maximum absolute atomic E-state index is 12.0. The predicted octanol–water partition coefficient (Wildman–Crippen LogP) is 7.90. The van der Waals surface area contributed by atoms with Gasteiger partial charge in [-0.2, -0.15) is 0 Å². The molecule has 0 radical (unpaired) electrons. The minimum absolute atomic E-state index is 0.0823. The fourth-order valence-corrected chi connectivity index (χ4v) is 6.90. The van der Waals surface area contributed by atoms with E-state index in [1.807, 2.05) is 13.8 Å². The average molecular weight is 541 g/mol. The molecule has 6 heteroatoms. The summed E-state index contributed by atoms with van der Waals surface area (Å²) >= 11 is 0. The van der Waals surface area contributed by atoms with Crippen LogP contribution in [0, 0.1) is 0 Å². The number of ether oxygens (including phenoxy) is 4. The molecule has 2 aromatic carbocycles. The van der Waals surface area contributed by atoms with E-state index >= 15 is 0 Å². The van der Waals surface area contributed by atoms with Gasteiger partial charge in [-0.1, -0.05) is 55.4 Å². The lowest BCUT2D eigenvalue weighted by Gasteiger charge is -2.31. The van der Waals surface area contributed by atoms with Crippen molar-refractivity contribution in [2.24, 2.45) is 0 Å². The van der Waals surface area contributed by atoms with Crippen molar-refractivity contribution in [2.45, 2.75) is 110 Å². The SMILES string of the molecule is CCCOc1cc2c(cc1OCCC)C1(CC2(C)C)CC(C)(C)c2c(O)c(OCCC)c(OCCC)c(O)c21. The first-order chi connectivity index (χ1) is 18.5. The molecule has 1 spiro atoms. The van der Waals surface area contributed by atoms with Gasteiger partial charge in [0.2, 0.25) is 11.5 Å². The largest absolute Gasteiger partial charge is 0.504 e. The lowest BCUT2D eigenvalue weighted by atomic mass is 9.72. The summed E-state index contributed by atoms with van der Waals surface area (Å²) in [6, 6.07) is 4.29. The fourth-order valence-electron chi connectivity index (χ4n) is 6.90. The van der Waals surface area contributed by atoms with Gasteiger partial charge in [-0.3, -0.25) is 0 Å². The minimum Gasteiger partial charge on any atom is -0.504 e. The number of phenolic OH excluding ortho intramolecular Hbond substituents is 2. The van der Waals surface area contributed by atoms with E-state index in [2.05, 4.69) is 53.7 Å². The van der Waals surface area contributed by atoms with E-state index in [1.165, 1.54) is 5.56 Å². The Morgan fingerprint density at radius 3 is 1.49 bits per heavy atom. The van der Waals surface area contributed by atoms with Gasteiger partial charge in [0.1, 0.15) is 0 Å². The molecule has 0 saturated carbocycles. The quantitative estimate of drug-likeness (QED) is 0.267. The molecule has 2 aliphatic rings. The molecule has 0 heterocycles. The zero-order valence-corrected chi connectivity index (χ0v) is 25.3. The Hall–Kier alpha value is -2.76. The number of aromatic hydroxyl groups is 2. The lowest BCUT2D eigenvalue weighted by Crippen LogP contribution is -2.27. The molecule has 0 bridgehead atoms. The van der Waals surface area contributed by atoms with Crippen molar-refractivity contribution >= 4 is 0 Å². The highest BCUT2D eigenvalue weighted by molar-refractivity contribution is 5.75. The van der Waals surface area contributed by atoms with E-state index in [1.54, 1.807) is 0 Å². The molecule has 2 aromatic rings. The maximum atomic E-state index is 12.0. The number of hydrogen-bond acceptors (Lipinski definition) is 6. The van der Waals surface area contributed by atoms with Gasteiger partial charge in [0.15, 0.2) is 23.0 Å². The fraction of sp³-hybridized carbons (Fsp3) is 0.636. The smallest absolute Gasteiger partial charge is 0.207 e. The van der Waals surface area contributed by atoms with E-state index < -0.39 is 10.8 Å². The predicted molar refractivity (Wildman–Crippen MR) is 155 cm³/mol. The van der Waals surface area contributed by atoms with Gasteiger partial charge in [0, 0.05) is 16.5 Å². The molecule has 39 heavy (non-hydrogen) atoms. The van der Waals surface area contributed by atoms with Gasteiger partial charge < -0.3 is 29.2 Å². The summed E-state index contributed by atoms with van der Waals surface area (Å²) in [6.45, 7) is 19.1. The first-order valence-electron chi connectivity index (χ1n) is 14.8. The third-order valence-corrected chi connectivity index (χ3v) is 8.16. The molecule has 6 nitrogen and oxygen atoms in total. The molecule has 0 aliphatic heterocycles. The topological polar surface area (TPSA) is 77.4 Å². The molecular weight excluding hydrogens is 492 g/mol. The molecule has 2 N–H and O–H groups in total. The van der Waals surface area contributed by atoms with Crippen LogP contribution in [0.5, 0.6) is 34.5 Å². The van der Waals surface area contributed by atoms with Gasteiger partial charge in [-0.15, -0.1) is 0 Å². The van der Waals surface area contributed by atoms with Crippen LogP contribution >= 0.6 is 0 Å². The van der Waals surface area contributed by atoms with Crippen LogP contribution in [0.3, 0.4) is 0 Å². The molecule has 1 atom stereocenters. The van der Waals surface area contributed by atoms with Crippen molar-refractivity contribution in [3.63, 3.8) is 0 Å². The molecule has 0 saturated heterocycles. The summed E-state index contributed by atoms with van der Waals surface area (Å²) in [5.74, 6) is 2.17. The third kappa shape index (κ3) is 4.89. The molecule has 0 fully saturated rings. The second-order valence-corrected chi connectivity index (χ2v) is 12.5. The van der Waals surface area contributed by atoms with Crippen LogP contribution in [0.2, 0.25) is 0 Å². The van der Waals surface area contributed by atoms with Crippen LogP contribution < -0.4 is 18.9 Å². The highest BCUT2D eigenvalue weighted by Crippen LogP contribution is 2.69. The van der Waals surface area contributed by atoms with Crippen molar-refractivity contribution in [1.82, 2.24) is 0 Å². The van der Waals surface area contributed by atoms with Gasteiger partial charge >= 0.3 is 0 Å². The summed E-state index contributed by atoms with van der Waals surface area (Å²) in [5.41, 5.74) is 2.71. The highest BCUT2D eigenvalue weighted by atomic mass is 16.5. The Labute approximate surface area is 234 Å². The number of phenols is 2. The monoisotopic (exact) mass is 540 g/mol. The molecule has 0 aromatic heterocycles. The average Bonchev–Trinajstić information content (AvgIpc) is 3.25. The van der Waals surface area contributed by atoms with E-state index in [9.17, 15) is 10.2 Å². The van der Waals surface area contributed by atoms with Crippen LogP contribution in [-0.2, 0) is 16.2 Å². The summed E-state index contributed by atoms with van der Waals surface area (Å²) in [4.78, 5) is 0. The number of fused-ring (bicyclic) bond motifs is 4. The Bertz CT molecular complexity index is 1200. The number of rotatable bonds is 12. The van der Waals surface area contributed by atoms with E-state index in [0.29, 0.717) is 26.4 Å². The number of benzene rings is 2. The van der Waals surface area contributed by atoms with Crippen LogP contribution in [0.25, 0.3) is 0 Å². The van der Waals surface area contributed by atoms with Crippen molar-refractivity contribution in [3.05, 3.63) is 34.4 Å². The molecule has 4 rings (SSSR count). The zero-order valence-electron chi connectivity index (χ0n) is 25.3. The van der Waals surface area contributed by atoms with E-state index in [0.717, 1.165) is 66.7 Å². The van der Waals surface area contributed by atoms with Crippen LogP contribution in [0.15, 0.2) is 12.1 Å². The summed E-state index contributed by atoms with van der Waals surface area (Å²) < 4.78 is 24.5. The summed E-state index contributed by atoms with van der Waals surface area (Å²) in [7, 11) is 0. The minimum atomic E-state index is -0.527. The normalized spacial score (nSPS) is 20.1. The number of hydrogen-bond donors (Lipinski definition) is 2. The van der Waals surface area contributed by atoms with Crippen molar-refractivity contribution < 1.29 is 29.2 Å². The van der Waals surface area contributed by atoms with Gasteiger partial charge in [-0.25, -0.2) is 0 Å². The Balaban J connectivity index is 2.02. The molecular formula is C33H48O6. The highest BCUT2D eigenvalue weighted by Gasteiger charge is 2.59. The van der Waals surface area contributed by atoms with Crippen molar-refractivity contribution in [1.29, 1.82) is 0 Å². The molecule has 1 unspecified atom stereocenters. The lowest BCUT2D eigenvalue weighted by molar-refractivity contribution is 0.245. The van der Waals surface area contributed by atoms with E-state index in [4.69, 9.17) is 18.9 Å². The summed E-state index contributed by atoms with van der Waals surface area (Å²) in [5, 5.41) is 23.8. The summed E-state index contributed by atoms with van der Waals surface area (Å²) in [6.07, 6.45) is 4.88. The van der Waals surface area contributed by atoms with Crippen LogP contribution in [0.4, 0.5) is 0 Å². The van der Waals surface area contributed by atoms with Crippen LogP contribution in [-0.4, -0.2) is 36.6 Å². The van der Waals surface area contributed by atoms with Gasteiger partial charge in [0.25, 0.3) is 0 Å². The van der Waals surface area contributed by atoms with Gasteiger partial charge in [0.05, 0.1) is 26.4 Å². The molecule has 216 valence electrons. The van der Waals surface area contributed by atoms with Crippen molar-refractivity contribution in [3.8, 4) is 34.5 Å². The first-order valence-corrected chi connectivity index (χ1v) is 14.8. The molecule has 0 amide bonds. The molecule has 2 aliphatic carbocycles. The second-order valence-electron chi connectivity index (χ2n) is 12.5. The zero-order chi connectivity index (χ0) is 28.6. The first kappa shape index (κ1) is 29.2. The van der Waals surface area contributed by atoms with Gasteiger partial charge in [-0.05, 0) is 72.6 Å². The Kier molecular flexibility index (Phi) is 8.26. The Morgan fingerprint density at radius 1 is 0.590 bits per heavy atom. The maximum Gasteiger partial charge on any atom is 0.207 e. The van der Waals surface area contributed by atoms with E-state index in [-0.39, 0.29) is 28.4 Å². The van der Waals surface area contributed by atoms with Crippen molar-refractivity contribution in [2.75, 3.05) is 26.4 Å². The third-order valence-electron chi connectivity index (χ3n) is 8.16. The second kappa shape index (κ2) is 11.0. The van der Waals surface area contributed by atoms with Crippen LogP contribution in [0.1, 0.15) is 116 Å².